The zero-order valence-corrected chi connectivity index (χ0v) is 11.3. The molecule has 1 aliphatic rings. The summed E-state index contributed by atoms with van der Waals surface area (Å²) in [5, 5.41) is 0. The molecule has 0 radical (unpaired) electrons. The van der Waals surface area contributed by atoms with E-state index in [0.29, 0.717) is 17.5 Å². The van der Waals surface area contributed by atoms with E-state index in [0.717, 1.165) is 24.3 Å². The summed E-state index contributed by atoms with van der Waals surface area (Å²) in [6.45, 7) is 2.25. The second-order valence-corrected chi connectivity index (χ2v) is 5.57. The molecule has 1 aromatic heterocycles. The van der Waals surface area contributed by atoms with Gasteiger partial charge in [0.2, 0.25) is 5.95 Å². The minimum Gasteiger partial charge on any atom is -0.369 e. The largest absolute Gasteiger partial charge is 0.369 e. The standard InChI is InChI=1S/C15H20FN3/c1-2-10-4-3-5-12(8-10)19-14-7-6-11(16)9-13(14)18-15(19)17/h6-7,9-10,12H,2-5,8H2,1H3,(H2,17,18). The number of anilines is 1. The second-order valence-electron chi connectivity index (χ2n) is 5.57. The van der Waals surface area contributed by atoms with E-state index in [-0.39, 0.29) is 5.82 Å². The van der Waals surface area contributed by atoms with Crippen LogP contribution in [-0.4, -0.2) is 9.55 Å². The van der Waals surface area contributed by atoms with Gasteiger partial charge in [0.25, 0.3) is 0 Å². The molecule has 2 aromatic rings. The summed E-state index contributed by atoms with van der Waals surface area (Å²) in [5.74, 6) is 1.03. The molecule has 3 nitrogen and oxygen atoms in total. The Hall–Kier alpha value is -1.58. The predicted molar refractivity (Wildman–Crippen MR) is 75.4 cm³/mol. The monoisotopic (exact) mass is 261 g/mol. The van der Waals surface area contributed by atoms with Gasteiger partial charge in [0.15, 0.2) is 0 Å². The summed E-state index contributed by atoms with van der Waals surface area (Å²) in [5.41, 5.74) is 7.67. The summed E-state index contributed by atoms with van der Waals surface area (Å²) in [6, 6.07) is 5.15. The average molecular weight is 261 g/mol. The normalized spacial score (nSPS) is 23.9. The van der Waals surface area contributed by atoms with Gasteiger partial charge < -0.3 is 10.3 Å². The zero-order valence-electron chi connectivity index (χ0n) is 11.3. The first-order valence-electron chi connectivity index (χ1n) is 7.12. The Balaban J connectivity index is 2.02. The molecule has 0 amide bonds. The van der Waals surface area contributed by atoms with E-state index in [2.05, 4.69) is 16.5 Å². The number of halogens is 1. The highest BCUT2D eigenvalue weighted by molar-refractivity contribution is 5.78. The molecular formula is C15H20FN3. The van der Waals surface area contributed by atoms with Gasteiger partial charge in [0.1, 0.15) is 5.82 Å². The first-order valence-corrected chi connectivity index (χ1v) is 7.12. The van der Waals surface area contributed by atoms with Gasteiger partial charge in [-0.2, -0.15) is 0 Å². The van der Waals surface area contributed by atoms with Gasteiger partial charge in [0.05, 0.1) is 11.0 Å². The van der Waals surface area contributed by atoms with Crippen LogP contribution >= 0.6 is 0 Å². The molecule has 3 rings (SSSR count). The van der Waals surface area contributed by atoms with E-state index < -0.39 is 0 Å². The van der Waals surface area contributed by atoms with E-state index in [1.54, 1.807) is 6.07 Å². The second kappa shape index (κ2) is 4.83. The van der Waals surface area contributed by atoms with Crippen molar-refractivity contribution in [2.24, 2.45) is 5.92 Å². The number of nitrogen functional groups attached to an aromatic ring is 1. The summed E-state index contributed by atoms with van der Waals surface area (Å²) >= 11 is 0. The molecule has 1 aromatic carbocycles. The fraction of sp³-hybridized carbons (Fsp3) is 0.533. The van der Waals surface area contributed by atoms with Gasteiger partial charge in [-0.3, -0.25) is 0 Å². The predicted octanol–water partition coefficient (Wildman–Crippen LogP) is 3.90. The van der Waals surface area contributed by atoms with Crippen LogP contribution in [0.5, 0.6) is 0 Å². The molecule has 0 spiro atoms. The van der Waals surface area contributed by atoms with Crippen molar-refractivity contribution in [2.45, 2.75) is 45.1 Å². The fourth-order valence-corrected chi connectivity index (χ4v) is 3.34. The molecule has 0 aliphatic heterocycles. The molecule has 0 saturated heterocycles. The van der Waals surface area contributed by atoms with Crippen molar-refractivity contribution < 1.29 is 4.39 Å². The van der Waals surface area contributed by atoms with Crippen molar-refractivity contribution in [3.63, 3.8) is 0 Å². The van der Waals surface area contributed by atoms with Gasteiger partial charge in [-0.1, -0.05) is 26.2 Å². The Bertz CT molecular complexity index is 590. The lowest BCUT2D eigenvalue weighted by molar-refractivity contribution is 0.267. The third-order valence-electron chi connectivity index (χ3n) is 4.38. The first-order chi connectivity index (χ1) is 9.19. The SMILES string of the molecule is CCC1CCCC(n2c(N)nc3cc(F)ccc32)C1. The molecule has 2 unspecified atom stereocenters. The van der Waals surface area contributed by atoms with Crippen LogP contribution < -0.4 is 5.73 Å². The lowest BCUT2D eigenvalue weighted by Gasteiger charge is -2.30. The highest BCUT2D eigenvalue weighted by Gasteiger charge is 2.25. The lowest BCUT2D eigenvalue weighted by Crippen LogP contribution is -2.20. The molecule has 1 fully saturated rings. The first kappa shape index (κ1) is 12.5. The number of nitrogens with zero attached hydrogens (tertiary/aromatic N) is 2. The number of imidazole rings is 1. The van der Waals surface area contributed by atoms with E-state index in [4.69, 9.17) is 5.73 Å². The van der Waals surface area contributed by atoms with Crippen molar-refractivity contribution in [3.8, 4) is 0 Å². The van der Waals surface area contributed by atoms with Crippen molar-refractivity contribution >= 4 is 17.0 Å². The molecule has 2 atom stereocenters. The van der Waals surface area contributed by atoms with E-state index in [1.165, 1.54) is 31.4 Å². The number of nitrogens with two attached hydrogens (primary N) is 1. The fourth-order valence-electron chi connectivity index (χ4n) is 3.34. The van der Waals surface area contributed by atoms with E-state index in [9.17, 15) is 4.39 Å². The third-order valence-corrected chi connectivity index (χ3v) is 4.38. The summed E-state index contributed by atoms with van der Waals surface area (Å²) < 4.78 is 15.4. The minimum absolute atomic E-state index is 0.257. The van der Waals surface area contributed by atoms with Crippen molar-refractivity contribution in [3.05, 3.63) is 24.0 Å². The van der Waals surface area contributed by atoms with E-state index >= 15 is 0 Å². The van der Waals surface area contributed by atoms with Gasteiger partial charge >= 0.3 is 0 Å². The maximum Gasteiger partial charge on any atom is 0.201 e. The molecule has 2 N–H and O–H groups in total. The van der Waals surface area contributed by atoms with Crippen LogP contribution in [0.15, 0.2) is 18.2 Å². The van der Waals surface area contributed by atoms with Crippen LogP contribution in [0.4, 0.5) is 10.3 Å². The lowest BCUT2D eigenvalue weighted by atomic mass is 9.84. The van der Waals surface area contributed by atoms with Crippen LogP contribution in [0.1, 0.15) is 45.1 Å². The zero-order chi connectivity index (χ0) is 13.4. The number of aromatic nitrogens is 2. The van der Waals surface area contributed by atoms with Crippen molar-refractivity contribution in [1.29, 1.82) is 0 Å². The van der Waals surface area contributed by atoms with Gasteiger partial charge in [-0.15, -0.1) is 0 Å². The average Bonchev–Trinajstić information content (AvgIpc) is 2.73. The number of hydrogen-bond donors (Lipinski definition) is 1. The minimum atomic E-state index is -0.257. The van der Waals surface area contributed by atoms with E-state index in [1.807, 2.05) is 0 Å². The molecule has 1 saturated carbocycles. The number of benzene rings is 1. The Morgan fingerprint density at radius 2 is 2.26 bits per heavy atom. The Labute approximate surface area is 112 Å². The van der Waals surface area contributed by atoms with Crippen LogP contribution in [0, 0.1) is 11.7 Å². The Morgan fingerprint density at radius 1 is 1.42 bits per heavy atom. The van der Waals surface area contributed by atoms with Crippen molar-refractivity contribution in [2.75, 3.05) is 5.73 Å². The Morgan fingerprint density at radius 3 is 3.05 bits per heavy atom. The van der Waals surface area contributed by atoms with Crippen LogP contribution in [-0.2, 0) is 0 Å². The van der Waals surface area contributed by atoms with Gasteiger partial charge in [0, 0.05) is 12.1 Å². The number of rotatable bonds is 2. The van der Waals surface area contributed by atoms with Gasteiger partial charge in [-0.25, -0.2) is 9.37 Å². The molecule has 19 heavy (non-hydrogen) atoms. The molecule has 0 bridgehead atoms. The summed E-state index contributed by atoms with van der Waals surface area (Å²) in [6.07, 6.45) is 6.07. The van der Waals surface area contributed by atoms with Crippen LogP contribution in [0.25, 0.3) is 11.0 Å². The third kappa shape index (κ3) is 2.20. The summed E-state index contributed by atoms with van der Waals surface area (Å²) in [4.78, 5) is 4.30. The Kier molecular flexibility index (Phi) is 3.17. The molecule has 4 heteroatoms. The van der Waals surface area contributed by atoms with Crippen LogP contribution in [0.2, 0.25) is 0 Å². The summed E-state index contributed by atoms with van der Waals surface area (Å²) in [7, 11) is 0. The molecular weight excluding hydrogens is 241 g/mol. The highest BCUT2D eigenvalue weighted by Crippen LogP contribution is 2.37. The number of fused-ring (bicyclic) bond motifs is 1. The molecule has 1 heterocycles. The topological polar surface area (TPSA) is 43.8 Å². The molecule has 102 valence electrons. The maximum atomic E-state index is 13.2. The molecule has 1 aliphatic carbocycles. The van der Waals surface area contributed by atoms with Gasteiger partial charge in [-0.05, 0) is 30.9 Å². The van der Waals surface area contributed by atoms with Crippen LogP contribution in [0.3, 0.4) is 0 Å². The maximum absolute atomic E-state index is 13.2. The van der Waals surface area contributed by atoms with Crippen molar-refractivity contribution in [1.82, 2.24) is 9.55 Å². The quantitative estimate of drug-likeness (QED) is 0.891. The smallest absolute Gasteiger partial charge is 0.201 e. The number of hydrogen-bond acceptors (Lipinski definition) is 2. The highest BCUT2D eigenvalue weighted by atomic mass is 19.1.